The molecule has 1 N–H and O–H groups in total. The third-order valence-corrected chi connectivity index (χ3v) is 5.86. The van der Waals surface area contributed by atoms with Crippen molar-refractivity contribution in [3.8, 4) is 0 Å². The van der Waals surface area contributed by atoms with E-state index in [2.05, 4.69) is 17.4 Å². The summed E-state index contributed by atoms with van der Waals surface area (Å²) in [5.74, 6) is -0.844. The zero-order valence-corrected chi connectivity index (χ0v) is 16.3. The average Bonchev–Trinajstić information content (AvgIpc) is 3.04. The van der Waals surface area contributed by atoms with E-state index in [4.69, 9.17) is 0 Å². The molecule has 3 aromatic carbocycles. The third kappa shape index (κ3) is 2.99. The topological polar surface area (TPSA) is 66.5 Å². The van der Waals surface area contributed by atoms with Gasteiger partial charge in [0.1, 0.15) is 0 Å². The largest absolute Gasteiger partial charge is 0.345 e. The molecule has 3 amide bonds. The van der Waals surface area contributed by atoms with E-state index in [9.17, 15) is 14.4 Å². The zero-order valence-electron chi connectivity index (χ0n) is 16.3. The van der Waals surface area contributed by atoms with Crippen molar-refractivity contribution >= 4 is 23.4 Å². The minimum absolute atomic E-state index is 0.00152. The van der Waals surface area contributed by atoms with Gasteiger partial charge in [0.15, 0.2) is 0 Å². The van der Waals surface area contributed by atoms with Crippen molar-refractivity contribution in [3.05, 3.63) is 101 Å². The Kier molecular flexibility index (Phi) is 4.43. The number of anilines is 1. The zero-order chi connectivity index (χ0) is 20.7. The standard InChI is InChI=1S/C25H20N2O3/c28-23(26-22-11-5-7-16-6-1-2-8-19(16)22)17-12-14-18(15-13-17)27-24(29)20-9-3-4-10-21(20)25(27)30/h1-4,6,8-10,12-15,22H,5,7,11H2,(H,26,28)/t22-/m1/s1. The van der Waals surface area contributed by atoms with Crippen LogP contribution in [0, 0.1) is 0 Å². The van der Waals surface area contributed by atoms with E-state index in [1.54, 1.807) is 48.5 Å². The first-order chi connectivity index (χ1) is 14.6. The molecule has 1 aliphatic heterocycles. The summed E-state index contributed by atoms with van der Waals surface area (Å²) >= 11 is 0. The van der Waals surface area contributed by atoms with Crippen molar-refractivity contribution in [3.63, 3.8) is 0 Å². The van der Waals surface area contributed by atoms with E-state index in [0.717, 1.165) is 24.2 Å². The lowest BCUT2D eigenvalue weighted by molar-refractivity contribution is 0.0919. The van der Waals surface area contributed by atoms with Crippen molar-refractivity contribution in [1.29, 1.82) is 0 Å². The van der Waals surface area contributed by atoms with Crippen molar-refractivity contribution in [2.24, 2.45) is 0 Å². The van der Waals surface area contributed by atoms with Crippen LogP contribution in [0.5, 0.6) is 0 Å². The number of hydrogen-bond donors (Lipinski definition) is 1. The number of fused-ring (bicyclic) bond motifs is 2. The second kappa shape index (κ2) is 7.26. The monoisotopic (exact) mass is 396 g/mol. The number of nitrogens with one attached hydrogen (secondary N) is 1. The summed E-state index contributed by atoms with van der Waals surface area (Å²) in [7, 11) is 0. The molecule has 1 heterocycles. The maximum absolute atomic E-state index is 12.8. The Hall–Kier alpha value is -3.73. The second-order valence-corrected chi connectivity index (χ2v) is 7.66. The number of carbonyl (C=O) groups is 3. The normalized spacial score (nSPS) is 17.5. The Labute approximate surface area is 174 Å². The average molecular weight is 396 g/mol. The Morgan fingerprint density at radius 1 is 0.833 bits per heavy atom. The highest BCUT2D eigenvalue weighted by molar-refractivity contribution is 6.34. The Balaban J connectivity index is 1.35. The van der Waals surface area contributed by atoms with Crippen LogP contribution in [0.2, 0.25) is 0 Å². The molecule has 3 aromatic rings. The van der Waals surface area contributed by atoms with E-state index in [0.29, 0.717) is 22.4 Å². The number of nitrogens with zero attached hydrogens (tertiary/aromatic N) is 1. The number of aryl methyl sites for hydroxylation is 1. The molecule has 1 atom stereocenters. The number of amides is 3. The van der Waals surface area contributed by atoms with Gasteiger partial charge in [0.25, 0.3) is 17.7 Å². The van der Waals surface area contributed by atoms with Crippen LogP contribution < -0.4 is 10.2 Å². The molecule has 0 saturated heterocycles. The Bertz CT molecular complexity index is 1130. The highest BCUT2D eigenvalue weighted by Gasteiger charge is 2.36. The van der Waals surface area contributed by atoms with Crippen LogP contribution in [0.25, 0.3) is 0 Å². The van der Waals surface area contributed by atoms with Gasteiger partial charge in [-0.1, -0.05) is 36.4 Å². The van der Waals surface area contributed by atoms with Gasteiger partial charge in [-0.2, -0.15) is 0 Å². The molecule has 2 aliphatic rings. The summed E-state index contributed by atoms with van der Waals surface area (Å²) in [5, 5.41) is 3.13. The molecule has 5 rings (SSSR count). The van der Waals surface area contributed by atoms with Gasteiger partial charge in [-0.3, -0.25) is 14.4 Å². The van der Waals surface area contributed by atoms with Gasteiger partial charge in [-0.25, -0.2) is 4.90 Å². The fourth-order valence-electron chi connectivity index (χ4n) is 4.33. The van der Waals surface area contributed by atoms with Gasteiger partial charge in [0.05, 0.1) is 22.9 Å². The number of imide groups is 1. The second-order valence-electron chi connectivity index (χ2n) is 7.66. The molecule has 0 aromatic heterocycles. The van der Waals surface area contributed by atoms with Crippen LogP contribution in [-0.4, -0.2) is 17.7 Å². The summed E-state index contributed by atoms with van der Waals surface area (Å²) in [6.07, 6.45) is 2.99. The molecular formula is C25H20N2O3. The van der Waals surface area contributed by atoms with Gasteiger partial charge < -0.3 is 5.32 Å². The van der Waals surface area contributed by atoms with E-state index in [-0.39, 0.29) is 23.8 Å². The van der Waals surface area contributed by atoms with Gasteiger partial charge in [0.2, 0.25) is 0 Å². The quantitative estimate of drug-likeness (QED) is 0.672. The van der Waals surface area contributed by atoms with Crippen LogP contribution in [0.1, 0.15) is 61.1 Å². The van der Waals surface area contributed by atoms with Crippen LogP contribution in [-0.2, 0) is 6.42 Å². The van der Waals surface area contributed by atoms with Gasteiger partial charge >= 0.3 is 0 Å². The van der Waals surface area contributed by atoms with Crippen LogP contribution in [0.4, 0.5) is 5.69 Å². The van der Waals surface area contributed by atoms with Crippen molar-refractivity contribution < 1.29 is 14.4 Å². The molecule has 1 aliphatic carbocycles. The fourth-order valence-corrected chi connectivity index (χ4v) is 4.33. The van der Waals surface area contributed by atoms with Gasteiger partial charge in [0, 0.05) is 5.56 Å². The van der Waals surface area contributed by atoms with Crippen molar-refractivity contribution in [2.45, 2.75) is 25.3 Å². The molecule has 0 bridgehead atoms. The highest BCUT2D eigenvalue weighted by atomic mass is 16.2. The molecule has 148 valence electrons. The molecule has 5 nitrogen and oxygen atoms in total. The first kappa shape index (κ1) is 18.3. The van der Waals surface area contributed by atoms with E-state index >= 15 is 0 Å². The molecule has 5 heteroatoms. The minimum Gasteiger partial charge on any atom is -0.345 e. The molecule has 0 spiro atoms. The summed E-state index contributed by atoms with van der Waals surface area (Å²) in [6.45, 7) is 0. The molecular weight excluding hydrogens is 376 g/mol. The van der Waals surface area contributed by atoms with Gasteiger partial charge in [-0.05, 0) is 66.8 Å². The van der Waals surface area contributed by atoms with Crippen LogP contribution in [0.3, 0.4) is 0 Å². The maximum atomic E-state index is 12.8. The lowest BCUT2D eigenvalue weighted by atomic mass is 9.87. The van der Waals surface area contributed by atoms with Gasteiger partial charge in [-0.15, -0.1) is 0 Å². The maximum Gasteiger partial charge on any atom is 0.266 e. The SMILES string of the molecule is O=C(N[C@@H]1CCCc2ccccc21)c1ccc(N2C(=O)c3ccccc3C2=O)cc1. The molecule has 0 unspecified atom stereocenters. The Morgan fingerprint density at radius 2 is 1.47 bits per heavy atom. The number of benzene rings is 3. The van der Waals surface area contributed by atoms with Crippen LogP contribution >= 0.6 is 0 Å². The number of rotatable bonds is 3. The lowest BCUT2D eigenvalue weighted by Gasteiger charge is -2.26. The van der Waals surface area contributed by atoms with E-state index < -0.39 is 0 Å². The smallest absolute Gasteiger partial charge is 0.266 e. The van der Waals surface area contributed by atoms with Crippen molar-refractivity contribution in [1.82, 2.24) is 5.32 Å². The van der Waals surface area contributed by atoms with E-state index in [1.807, 2.05) is 12.1 Å². The van der Waals surface area contributed by atoms with Crippen LogP contribution in [0.15, 0.2) is 72.8 Å². The first-order valence-corrected chi connectivity index (χ1v) is 10.1. The lowest BCUT2D eigenvalue weighted by Crippen LogP contribution is -2.31. The number of carbonyl (C=O) groups excluding carboxylic acids is 3. The van der Waals surface area contributed by atoms with E-state index in [1.165, 1.54) is 11.1 Å². The summed E-state index contributed by atoms with van der Waals surface area (Å²) in [5.41, 5.74) is 4.23. The predicted octanol–water partition coefficient (Wildman–Crippen LogP) is 4.29. The summed E-state index contributed by atoms with van der Waals surface area (Å²) in [4.78, 5) is 39.2. The third-order valence-electron chi connectivity index (χ3n) is 5.86. The molecule has 0 radical (unpaired) electrons. The highest BCUT2D eigenvalue weighted by Crippen LogP contribution is 2.31. The number of hydrogen-bond acceptors (Lipinski definition) is 3. The molecule has 30 heavy (non-hydrogen) atoms. The predicted molar refractivity (Wildman–Crippen MR) is 114 cm³/mol. The molecule has 0 fully saturated rings. The summed E-state index contributed by atoms with van der Waals surface area (Å²) in [6, 6.07) is 21.6. The summed E-state index contributed by atoms with van der Waals surface area (Å²) < 4.78 is 0. The van der Waals surface area contributed by atoms with Crippen molar-refractivity contribution in [2.75, 3.05) is 4.90 Å². The first-order valence-electron chi connectivity index (χ1n) is 10.1. The minimum atomic E-state index is -0.341. The fraction of sp³-hybridized carbons (Fsp3) is 0.160. The molecule has 0 saturated carbocycles. The Morgan fingerprint density at radius 3 is 2.17 bits per heavy atom.